The predicted molar refractivity (Wildman–Crippen MR) is 68.6 cm³/mol. The van der Waals surface area contributed by atoms with Crippen molar-refractivity contribution in [2.45, 2.75) is 18.4 Å². The Balaban J connectivity index is 2.33. The summed E-state index contributed by atoms with van der Waals surface area (Å²) in [4.78, 5) is 10.6. The second kappa shape index (κ2) is 5.62. The average molecular weight is 314 g/mol. The number of halogens is 1. The van der Waals surface area contributed by atoms with Crippen molar-refractivity contribution in [2.24, 2.45) is 0 Å². The largest absolute Gasteiger partial charge is 0.478 e. The van der Waals surface area contributed by atoms with Gasteiger partial charge in [0.05, 0.1) is 22.7 Å². The molecule has 7 nitrogen and oxygen atoms in total. The van der Waals surface area contributed by atoms with Gasteiger partial charge in [-0.05, 0) is 24.6 Å². The van der Waals surface area contributed by atoms with Gasteiger partial charge in [0.1, 0.15) is 12.1 Å². The smallest absolute Gasteiger partial charge is 0.338 e. The lowest BCUT2D eigenvalue weighted by Crippen LogP contribution is -2.24. The number of carboxylic acid groups (broad SMARTS) is 1. The van der Waals surface area contributed by atoms with Crippen LogP contribution in [0.5, 0.6) is 0 Å². The Morgan fingerprint density at radius 2 is 2.19 bits per heavy atom. The first-order valence-corrected chi connectivity index (χ1v) is 7.22. The van der Waals surface area contributed by atoms with Gasteiger partial charge in [0, 0.05) is 6.07 Å². The maximum atomic E-state index is 13.6. The highest BCUT2D eigenvalue weighted by Gasteiger charge is 2.21. The Labute approximate surface area is 119 Å². The Morgan fingerprint density at radius 1 is 1.48 bits per heavy atom. The van der Waals surface area contributed by atoms with Crippen LogP contribution in [0.3, 0.4) is 0 Å². The van der Waals surface area contributed by atoms with Gasteiger partial charge in [-0.3, -0.25) is 0 Å². The maximum absolute atomic E-state index is 13.6. The van der Waals surface area contributed by atoms with E-state index in [1.54, 1.807) is 0 Å². The highest BCUT2D eigenvalue weighted by molar-refractivity contribution is 7.89. The standard InChI is InChI=1S/C12H11FN2O5S/c1-7-4-9(5-10(11(7)13)12(16)17)21(18,19)14-6-8-2-3-20-15-8/h2-5,14H,6H2,1H3,(H,16,17). The number of benzene rings is 1. The average Bonchev–Trinajstić information content (AvgIpc) is 2.92. The van der Waals surface area contributed by atoms with Crippen LogP contribution in [-0.2, 0) is 16.6 Å². The summed E-state index contributed by atoms with van der Waals surface area (Å²) in [5.74, 6) is -2.50. The molecule has 2 N–H and O–H groups in total. The van der Waals surface area contributed by atoms with E-state index in [4.69, 9.17) is 5.11 Å². The van der Waals surface area contributed by atoms with Gasteiger partial charge >= 0.3 is 5.97 Å². The van der Waals surface area contributed by atoms with Crippen molar-refractivity contribution in [3.8, 4) is 0 Å². The van der Waals surface area contributed by atoms with Gasteiger partial charge in [0.2, 0.25) is 10.0 Å². The molecule has 0 aliphatic carbocycles. The maximum Gasteiger partial charge on any atom is 0.338 e. The van der Waals surface area contributed by atoms with Gasteiger partial charge in [-0.15, -0.1) is 0 Å². The SMILES string of the molecule is Cc1cc(S(=O)(=O)NCc2ccon2)cc(C(=O)O)c1F. The number of rotatable bonds is 5. The lowest BCUT2D eigenvalue weighted by atomic mass is 10.1. The quantitative estimate of drug-likeness (QED) is 0.861. The van der Waals surface area contributed by atoms with Gasteiger partial charge in [0.25, 0.3) is 0 Å². The predicted octanol–water partition coefficient (Wildman–Crippen LogP) is 1.30. The van der Waals surface area contributed by atoms with E-state index in [2.05, 4.69) is 14.4 Å². The molecule has 1 heterocycles. The number of hydrogen-bond donors (Lipinski definition) is 2. The number of aryl methyl sites for hydroxylation is 1. The van der Waals surface area contributed by atoms with Crippen LogP contribution < -0.4 is 4.72 Å². The third kappa shape index (κ3) is 3.26. The number of aromatic carboxylic acids is 1. The van der Waals surface area contributed by atoms with Crippen molar-refractivity contribution < 1.29 is 27.2 Å². The molecule has 1 aromatic carbocycles. The summed E-state index contributed by atoms with van der Waals surface area (Å²) in [6.07, 6.45) is 1.29. The zero-order chi connectivity index (χ0) is 15.6. The first kappa shape index (κ1) is 15.1. The van der Waals surface area contributed by atoms with Gasteiger partial charge in [-0.1, -0.05) is 5.16 Å². The van der Waals surface area contributed by atoms with Crippen LogP contribution >= 0.6 is 0 Å². The Kier molecular flexibility index (Phi) is 4.05. The second-order valence-electron chi connectivity index (χ2n) is 4.22. The van der Waals surface area contributed by atoms with Crippen molar-refractivity contribution in [1.82, 2.24) is 9.88 Å². The monoisotopic (exact) mass is 314 g/mol. The van der Waals surface area contributed by atoms with Gasteiger partial charge in [-0.25, -0.2) is 22.3 Å². The topological polar surface area (TPSA) is 110 Å². The lowest BCUT2D eigenvalue weighted by Gasteiger charge is -2.08. The van der Waals surface area contributed by atoms with E-state index in [-0.39, 0.29) is 17.0 Å². The van der Waals surface area contributed by atoms with E-state index in [9.17, 15) is 17.6 Å². The molecule has 0 spiro atoms. The van der Waals surface area contributed by atoms with Crippen LogP contribution in [0.15, 0.2) is 33.9 Å². The van der Waals surface area contributed by atoms with Crippen molar-refractivity contribution in [3.63, 3.8) is 0 Å². The van der Waals surface area contributed by atoms with E-state index in [1.165, 1.54) is 19.3 Å². The molecule has 0 saturated carbocycles. The summed E-state index contributed by atoms with van der Waals surface area (Å²) in [5, 5.41) is 12.4. The highest BCUT2D eigenvalue weighted by Crippen LogP contribution is 2.19. The molecule has 0 unspecified atom stereocenters. The molecule has 0 aliphatic rings. The summed E-state index contributed by atoms with van der Waals surface area (Å²) in [6, 6.07) is 3.31. The van der Waals surface area contributed by atoms with Gasteiger partial charge < -0.3 is 9.63 Å². The zero-order valence-corrected chi connectivity index (χ0v) is 11.6. The summed E-state index contributed by atoms with van der Waals surface area (Å²) in [5.41, 5.74) is -0.413. The summed E-state index contributed by atoms with van der Waals surface area (Å²) < 4.78 is 44.6. The molecule has 21 heavy (non-hydrogen) atoms. The third-order valence-corrected chi connectivity index (χ3v) is 4.08. The minimum absolute atomic E-state index is 0.0725. The molecule has 0 fully saturated rings. The van der Waals surface area contributed by atoms with Gasteiger partial charge in [0.15, 0.2) is 0 Å². The van der Waals surface area contributed by atoms with E-state index >= 15 is 0 Å². The molecule has 2 rings (SSSR count). The Bertz CT molecular complexity index is 771. The molecule has 112 valence electrons. The first-order valence-electron chi connectivity index (χ1n) is 5.73. The molecule has 0 bridgehead atoms. The molecule has 0 aliphatic heterocycles. The van der Waals surface area contributed by atoms with E-state index in [1.807, 2.05) is 0 Å². The van der Waals surface area contributed by atoms with Gasteiger partial charge in [-0.2, -0.15) is 0 Å². The van der Waals surface area contributed by atoms with Crippen molar-refractivity contribution >= 4 is 16.0 Å². The van der Waals surface area contributed by atoms with E-state index in [0.717, 1.165) is 12.1 Å². The number of carbonyl (C=O) groups is 1. The fourth-order valence-corrected chi connectivity index (χ4v) is 2.74. The highest BCUT2D eigenvalue weighted by atomic mass is 32.2. The minimum atomic E-state index is -3.99. The van der Waals surface area contributed by atoms with Crippen LogP contribution in [0.4, 0.5) is 4.39 Å². The summed E-state index contributed by atoms with van der Waals surface area (Å²) in [7, 11) is -3.99. The van der Waals surface area contributed by atoms with Crippen LogP contribution in [0.2, 0.25) is 0 Å². The first-order chi connectivity index (χ1) is 9.81. The normalized spacial score (nSPS) is 11.5. The number of nitrogens with one attached hydrogen (secondary N) is 1. The second-order valence-corrected chi connectivity index (χ2v) is 5.99. The van der Waals surface area contributed by atoms with Crippen molar-refractivity contribution in [1.29, 1.82) is 0 Å². The summed E-state index contributed by atoms with van der Waals surface area (Å²) in [6.45, 7) is 1.16. The number of hydrogen-bond acceptors (Lipinski definition) is 5. The van der Waals surface area contributed by atoms with Crippen molar-refractivity contribution in [3.05, 3.63) is 47.1 Å². The molecule has 9 heteroatoms. The van der Waals surface area contributed by atoms with Crippen LogP contribution in [0.1, 0.15) is 21.6 Å². The van der Waals surface area contributed by atoms with Crippen LogP contribution in [0, 0.1) is 12.7 Å². The minimum Gasteiger partial charge on any atom is -0.478 e. The van der Waals surface area contributed by atoms with Crippen molar-refractivity contribution in [2.75, 3.05) is 0 Å². The van der Waals surface area contributed by atoms with Crippen LogP contribution in [-0.4, -0.2) is 24.7 Å². The lowest BCUT2D eigenvalue weighted by molar-refractivity contribution is 0.0691. The third-order valence-electron chi connectivity index (χ3n) is 2.70. The van der Waals surface area contributed by atoms with Crippen LogP contribution in [0.25, 0.3) is 0 Å². The molecule has 2 aromatic rings. The van der Waals surface area contributed by atoms with E-state index < -0.39 is 27.4 Å². The summed E-state index contributed by atoms with van der Waals surface area (Å²) >= 11 is 0. The Morgan fingerprint density at radius 3 is 2.76 bits per heavy atom. The number of sulfonamides is 1. The molecule has 0 atom stereocenters. The molecule has 1 aromatic heterocycles. The number of carboxylic acids is 1. The molecule has 0 radical (unpaired) electrons. The fourth-order valence-electron chi connectivity index (χ4n) is 1.63. The molecule has 0 saturated heterocycles. The molecular formula is C12H11FN2O5S. The van der Waals surface area contributed by atoms with E-state index in [0.29, 0.717) is 5.69 Å². The zero-order valence-electron chi connectivity index (χ0n) is 10.8. The Hall–Kier alpha value is -2.26. The molecular weight excluding hydrogens is 303 g/mol. The molecule has 0 amide bonds. The number of nitrogens with zero attached hydrogens (tertiary/aromatic N) is 1. The number of aromatic nitrogens is 1. The fraction of sp³-hybridized carbons (Fsp3) is 0.167.